The Morgan fingerprint density at radius 2 is 2.43 bits per heavy atom. The van der Waals surface area contributed by atoms with Gasteiger partial charge in [0.25, 0.3) is 0 Å². The van der Waals surface area contributed by atoms with Crippen molar-refractivity contribution in [1.29, 1.82) is 0 Å². The average molecular weight is 222 g/mol. The van der Waals surface area contributed by atoms with Gasteiger partial charge in [0.2, 0.25) is 5.91 Å². The van der Waals surface area contributed by atoms with Gasteiger partial charge in [-0.1, -0.05) is 11.8 Å². The summed E-state index contributed by atoms with van der Waals surface area (Å²) >= 11 is 3.39. The molecule has 2 aliphatic rings. The molecule has 0 fully saturated rings. The lowest BCUT2D eigenvalue weighted by Crippen LogP contribution is -2.28. The van der Waals surface area contributed by atoms with Crippen molar-refractivity contribution in [3.05, 3.63) is 28.0 Å². The van der Waals surface area contributed by atoms with E-state index >= 15 is 0 Å². The van der Waals surface area contributed by atoms with Crippen LogP contribution >= 0.6 is 23.1 Å². The van der Waals surface area contributed by atoms with Crippen LogP contribution in [-0.2, 0) is 4.79 Å². The van der Waals surface area contributed by atoms with Crippen LogP contribution in [0.1, 0.15) is 12.0 Å². The van der Waals surface area contributed by atoms with Crippen molar-refractivity contribution in [3.63, 3.8) is 0 Å². The van der Waals surface area contributed by atoms with Crippen LogP contribution in [0.5, 0.6) is 0 Å². The minimum atomic E-state index is -0.0284. The number of thiophene rings is 1. The molecule has 3 nitrogen and oxygen atoms in total. The maximum atomic E-state index is 11.1. The lowest BCUT2D eigenvalue weighted by atomic mass is 10.0. The van der Waals surface area contributed by atoms with Crippen molar-refractivity contribution in [1.82, 2.24) is 5.43 Å². The average Bonchev–Trinajstić information content (AvgIpc) is 2.65. The van der Waals surface area contributed by atoms with E-state index in [1.54, 1.807) is 23.1 Å². The van der Waals surface area contributed by atoms with Gasteiger partial charge in [-0.15, -0.1) is 11.3 Å². The van der Waals surface area contributed by atoms with E-state index in [2.05, 4.69) is 16.6 Å². The number of amides is 1. The van der Waals surface area contributed by atoms with E-state index in [0.29, 0.717) is 6.42 Å². The van der Waals surface area contributed by atoms with Gasteiger partial charge in [-0.2, -0.15) is 5.10 Å². The molecule has 2 aliphatic heterocycles. The molecule has 1 amide bonds. The molecule has 1 aromatic heterocycles. The van der Waals surface area contributed by atoms with Gasteiger partial charge in [-0.25, -0.2) is 5.43 Å². The SMILES string of the molecule is O=C1CC2=CSc3sccc3C2=NN1. The van der Waals surface area contributed by atoms with Gasteiger partial charge >= 0.3 is 0 Å². The largest absolute Gasteiger partial charge is 0.273 e. The molecule has 0 aromatic carbocycles. The first-order valence-corrected chi connectivity index (χ1v) is 5.91. The first-order chi connectivity index (χ1) is 6.84. The van der Waals surface area contributed by atoms with E-state index < -0.39 is 0 Å². The van der Waals surface area contributed by atoms with Crippen LogP contribution in [0.2, 0.25) is 0 Å². The van der Waals surface area contributed by atoms with Crippen molar-refractivity contribution in [2.75, 3.05) is 0 Å². The van der Waals surface area contributed by atoms with Gasteiger partial charge in [0.15, 0.2) is 0 Å². The predicted molar refractivity (Wildman–Crippen MR) is 57.6 cm³/mol. The minimum Gasteiger partial charge on any atom is -0.273 e. The van der Waals surface area contributed by atoms with E-state index in [1.807, 2.05) is 10.8 Å². The molecule has 0 bridgehead atoms. The summed E-state index contributed by atoms with van der Waals surface area (Å²) in [5.41, 5.74) is 5.63. The zero-order valence-electron chi connectivity index (χ0n) is 7.11. The molecule has 1 aromatic rings. The third-order valence-electron chi connectivity index (χ3n) is 2.14. The first kappa shape index (κ1) is 8.26. The van der Waals surface area contributed by atoms with Gasteiger partial charge in [0, 0.05) is 5.56 Å². The summed E-state index contributed by atoms with van der Waals surface area (Å²) in [7, 11) is 0. The second kappa shape index (κ2) is 2.96. The lowest BCUT2D eigenvalue weighted by molar-refractivity contribution is -0.120. The highest BCUT2D eigenvalue weighted by Crippen LogP contribution is 2.38. The molecule has 14 heavy (non-hydrogen) atoms. The highest BCUT2D eigenvalue weighted by Gasteiger charge is 2.25. The summed E-state index contributed by atoms with van der Waals surface area (Å²) in [5.74, 6) is -0.0284. The Kier molecular flexibility index (Phi) is 1.75. The first-order valence-electron chi connectivity index (χ1n) is 4.15. The smallest absolute Gasteiger partial charge is 0.244 e. The number of hydrogen-bond donors (Lipinski definition) is 1. The van der Waals surface area contributed by atoms with Gasteiger partial charge in [0.1, 0.15) is 0 Å². The quantitative estimate of drug-likeness (QED) is 0.729. The summed E-state index contributed by atoms with van der Waals surface area (Å²) in [6.45, 7) is 0. The normalized spacial score (nSPS) is 19.0. The Hall–Kier alpha value is -1.07. The minimum absolute atomic E-state index is 0.0284. The number of hydrazone groups is 1. The number of nitrogens with one attached hydrogen (secondary N) is 1. The maximum Gasteiger partial charge on any atom is 0.244 e. The van der Waals surface area contributed by atoms with Crippen LogP contribution in [0.4, 0.5) is 0 Å². The molecular weight excluding hydrogens is 216 g/mol. The Balaban J connectivity index is 2.15. The summed E-state index contributed by atoms with van der Waals surface area (Å²) < 4.78 is 1.25. The van der Waals surface area contributed by atoms with E-state index in [4.69, 9.17) is 0 Å². The number of nitrogens with zero attached hydrogens (tertiary/aromatic N) is 1. The Morgan fingerprint density at radius 3 is 3.36 bits per heavy atom. The van der Waals surface area contributed by atoms with Crippen molar-refractivity contribution in [2.45, 2.75) is 10.6 Å². The molecule has 5 heteroatoms. The van der Waals surface area contributed by atoms with E-state index in [9.17, 15) is 4.79 Å². The Morgan fingerprint density at radius 1 is 1.50 bits per heavy atom. The molecule has 1 N–H and O–H groups in total. The molecule has 0 saturated heterocycles. The fraction of sp³-hybridized carbons (Fsp3) is 0.111. The van der Waals surface area contributed by atoms with Crippen molar-refractivity contribution >= 4 is 34.7 Å². The zero-order chi connectivity index (χ0) is 9.54. The number of thioether (sulfide) groups is 1. The standard InChI is InChI=1S/C9H6N2OS2/c12-7-3-5-4-14-9-6(1-2-13-9)8(5)11-10-7/h1-2,4H,3H2,(H,10,12). The monoisotopic (exact) mass is 222 g/mol. The van der Waals surface area contributed by atoms with Crippen molar-refractivity contribution < 1.29 is 4.79 Å². The molecule has 0 radical (unpaired) electrons. The van der Waals surface area contributed by atoms with Crippen LogP contribution in [0.3, 0.4) is 0 Å². The van der Waals surface area contributed by atoms with Gasteiger partial charge in [-0.3, -0.25) is 4.79 Å². The van der Waals surface area contributed by atoms with Crippen molar-refractivity contribution in [2.24, 2.45) is 5.10 Å². The molecule has 0 spiro atoms. The zero-order valence-corrected chi connectivity index (χ0v) is 8.74. The van der Waals surface area contributed by atoms with E-state index in [1.165, 1.54) is 4.21 Å². The maximum absolute atomic E-state index is 11.1. The van der Waals surface area contributed by atoms with Crippen LogP contribution in [0.25, 0.3) is 0 Å². The molecule has 0 aliphatic carbocycles. The number of carbonyl (C=O) groups is 1. The molecule has 0 saturated carbocycles. The van der Waals surface area contributed by atoms with Crippen LogP contribution in [0, 0.1) is 0 Å². The van der Waals surface area contributed by atoms with Gasteiger partial charge in [-0.05, 0) is 22.4 Å². The molecule has 3 rings (SSSR count). The summed E-state index contributed by atoms with van der Waals surface area (Å²) in [4.78, 5) is 11.1. The Labute approximate surface area is 88.9 Å². The molecule has 70 valence electrons. The number of rotatable bonds is 0. The lowest BCUT2D eigenvalue weighted by Gasteiger charge is -2.19. The second-order valence-electron chi connectivity index (χ2n) is 3.05. The highest BCUT2D eigenvalue weighted by atomic mass is 32.2. The molecule has 3 heterocycles. The number of carbonyl (C=O) groups excluding carboxylic acids is 1. The fourth-order valence-corrected chi connectivity index (χ4v) is 3.39. The summed E-state index contributed by atoms with van der Waals surface area (Å²) in [6, 6.07) is 2.05. The highest BCUT2D eigenvalue weighted by molar-refractivity contribution is 8.04. The Bertz CT molecular complexity index is 473. The fourth-order valence-electron chi connectivity index (χ4n) is 1.50. The third-order valence-corrected chi connectivity index (χ3v) is 4.26. The molecule has 0 atom stereocenters. The number of fused-ring (bicyclic) bond motifs is 3. The van der Waals surface area contributed by atoms with Gasteiger partial charge < -0.3 is 0 Å². The van der Waals surface area contributed by atoms with Crippen LogP contribution in [0.15, 0.2) is 31.7 Å². The predicted octanol–water partition coefficient (Wildman–Crippen LogP) is 1.96. The van der Waals surface area contributed by atoms with E-state index in [0.717, 1.165) is 16.8 Å². The van der Waals surface area contributed by atoms with Gasteiger partial charge in [0.05, 0.1) is 16.3 Å². The second-order valence-corrected chi connectivity index (χ2v) is 5.11. The van der Waals surface area contributed by atoms with Crippen LogP contribution in [-0.4, -0.2) is 11.6 Å². The number of hydrogen-bond acceptors (Lipinski definition) is 4. The van der Waals surface area contributed by atoms with Crippen molar-refractivity contribution in [3.8, 4) is 0 Å². The molecule has 0 unspecified atom stereocenters. The summed E-state index contributed by atoms with van der Waals surface area (Å²) in [6.07, 6.45) is 0.446. The topological polar surface area (TPSA) is 41.5 Å². The summed E-state index contributed by atoms with van der Waals surface area (Å²) in [5, 5.41) is 8.16. The van der Waals surface area contributed by atoms with E-state index in [-0.39, 0.29) is 5.91 Å². The van der Waals surface area contributed by atoms with Crippen LogP contribution < -0.4 is 5.43 Å². The molecular formula is C9H6N2OS2. The third kappa shape index (κ3) is 1.13.